The fraction of sp³-hybridized carbons (Fsp3) is 0.353. The smallest absolute Gasteiger partial charge is 0.139 e. The van der Waals surface area contributed by atoms with Gasteiger partial charge in [-0.15, -0.1) is 6.58 Å². The SMILES string of the molecule is C=CCN1CCC(Nc2cc3ccccc3c(Cl)n2)CC1. The van der Waals surface area contributed by atoms with Crippen molar-refractivity contribution >= 4 is 28.2 Å². The molecule has 0 unspecified atom stereocenters. The van der Waals surface area contributed by atoms with E-state index in [2.05, 4.69) is 33.9 Å². The zero-order chi connectivity index (χ0) is 14.7. The summed E-state index contributed by atoms with van der Waals surface area (Å²) in [7, 11) is 0. The van der Waals surface area contributed by atoms with E-state index in [0.717, 1.165) is 49.1 Å². The summed E-state index contributed by atoms with van der Waals surface area (Å²) in [4.78, 5) is 6.90. The van der Waals surface area contributed by atoms with Crippen molar-refractivity contribution in [2.45, 2.75) is 18.9 Å². The van der Waals surface area contributed by atoms with Gasteiger partial charge in [0.15, 0.2) is 0 Å². The van der Waals surface area contributed by atoms with Gasteiger partial charge in [0, 0.05) is 31.1 Å². The average molecular weight is 302 g/mol. The Hall–Kier alpha value is -1.58. The number of likely N-dealkylation sites (tertiary alicyclic amines) is 1. The minimum absolute atomic E-state index is 0.468. The van der Waals surface area contributed by atoms with Crippen LogP contribution in [0.4, 0.5) is 5.82 Å². The van der Waals surface area contributed by atoms with Gasteiger partial charge in [0.05, 0.1) is 0 Å². The maximum atomic E-state index is 6.27. The van der Waals surface area contributed by atoms with Crippen LogP contribution in [-0.4, -0.2) is 35.6 Å². The predicted octanol–water partition coefficient (Wildman–Crippen LogP) is 3.95. The summed E-state index contributed by atoms with van der Waals surface area (Å²) in [6, 6.07) is 10.6. The molecule has 1 N–H and O–H groups in total. The number of rotatable bonds is 4. The molecule has 3 rings (SSSR count). The minimum Gasteiger partial charge on any atom is -0.367 e. The molecule has 2 aromatic rings. The van der Waals surface area contributed by atoms with Crippen LogP contribution in [0.15, 0.2) is 43.0 Å². The lowest BCUT2D eigenvalue weighted by molar-refractivity contribution is 0.240. The van der Waals surface area contributed by atoms with Crippen molar-refractivity contribution in [1.29, 1.82) is 0 Å². The van der Waals surface area contributed by atoms with Gasteiger partial charge in [-0.05, 0) is 24.3 Å². The number of aromatic nitrogens is 1. The first-order valence-corrected chi connectivity index (χ1v) is 7.79. The van der Waals surface area contributed by atoms with E-state index >= 15 is 0 Å². The number of hydrogen-bond acceptors (Lipinski definition) is 3. The molecule has 0 radical (unpaired) electrons. The predicted molar refractivity (Wildman–Crippen MR) is 90.0 cm³/mol. The highest BCUT2D eigenvalue weighted by molar-refractivity contribution is 6.34. The van der Waals surface area contributed by atoms with Crippen LogP contribution in [0, 0.1) is 0 Å². The Kier molecular flexibility index (Phi) is 4.42. The lowest BCUT2D eigenvalue weighted by Crippen LogP contribution is -2.39. The Bertz CT molecular complexity index is 633. The molecule has 2 heterocycles. The highest BCUT2D eigenvalue weighted by Crippen LogP contribution is 2.25. The van der Waals surface area contributed by atoms with Crippen molar-refractivity contribution in [2.24, 2.45) is 0 Å². The fourth-order valence-electron chi connectivity index (χ4n) is 2.88. The molecule has 1 aliphatic heterocycles. The molecule has 1 aromatic carbocycles. The van der Waals surface area contributed by atoms with Crippen LogP contribution in [0.2, 0.25) is 5.15 Å². The van der Waals surface area contributed by atoms with Crippen molar-refractivity contribution in [3.05, 3.63) is 48.1 Å². The number of anilines is 1. The number of halogens is 1. The van der Waals surface area contributed by atoms with Crippen molar-refractivity contribution in [3.63, 3.8) is 0 Å². The van der Waals surface area contributed by atoms with Crippen LogP contribution in [0.25, 0.3) is 10.8 Å². The molecule has 1 aromatic heterocycles. The van der Waals surface area contributed by atoms with E-state index in [1.807, 2.05) is 24.3 Å². The molecule has 0 amide bonds. The second-order valence-corrected chi connectivity index (χ2v) is 5.89. The third-order valence-corrected chi connectivity index (χ3v) is 4.31. The number of piperidine rings is 1. The van der Waals surface area contributed by atoms with Crippen LogP contribution in [0.1, 0.15) is 12.8 Å². The Morgan fingerprint density at radius 3 is 2.86 bits per heavy atom. The topological polar surface area (TPSA) is 28.2 Å². The Morgan fingerprint density at radius 1 is 1.33 bits per heavy atom. The summed E-state index contributed by atoms with van der Waals surface area (Å²) in [5, 5.41) is 6.23. The van der Waals surface area contributed by atoms with Crippen molar-refractivity contribution in [3.8, 4) is 0 Å². The largest absolute Gasteiger partial charge is 0.367 e. The van der Waals surface area contributed by atoms with Gasteiger partial charge in [0.1, 0.15) is 11.0 Å². The van der Waals surface area contributed by atoms with Gasteiger partial charge in [-0.2, -0.15) is 0 Å². The molecule has 1 saturated heterocycles. The molecule has 1 fully saturated rings. The molecule has 1 aliphatic rings. The third kappa shape index (κ3) is 3.36. The van der Waals surface area contributed by atoms with Crippen molar-refractivity contribution < 1.29 is 0 Å². The van der Waals surface area contributed by atoms with E-state index in [4.69, 9.17) is 11.6 Å². The standard InChI is InChI=1S/C17H20ClN3/c1-2-9-21-10-7-14(8-11-21)19-16-12-13-5-3-4-6-15(13)17(18)20-16/h2-6,12,14H,1,7-11H2,(H,19,20). The number of hydrogen-bond donors (Lipinski definition) is 1. The van der Waals surface area contributed by atoms with Crippen LogP contribution >= 0.6 is 11.6 Å². The first kappa shape index (κ1) is 14.4. The van der Waals surface area contributed by atoms with Crippen LogP contribution < -0.4 is 5.32 Å². The van der Waals surface area contributed by atoms with Gasteiger partial charge in [-0.25, -0.2) is 4.98 Å². The zero-order valence-electron chi connectivity index (χ0n) is 12.1. The summed E-state index contributed by atoms with van der Waals surface area (Å²) in [5.74, 6) is 0.876. The van der Waals surface area contributed by atoms with Gasteiger partial charge in [-0.1, -0.05) is 41.9 Å². The second kappa shape index (κ2) is 6.46. The molecule has 110 valence electrons. The molecule has 21 heavy (non-hydrogen) atoms. The number of benzene rings is 1. The molecule has 4 heteroatoms. The highest BCUT2D eigenvalue weighted by atomic mass is 35.5. The number of fused-ring (bicyclic) bond motifs is 1. The highest BCUT2D eigenvalue weighted by Gasteiger charge is 2.18. The normalized spacial score (nSPS) is 17.0. The molecule has 3 nitrogen and oxygen atoms in total. The number of nitrogens with zero attached hydrogens (tertiary/aromatic N) is 2. The number of nitrogens with one attached hydrogen (secondary N) is 1. The zero-order valence-corrected chi connectivity index (χ0v) is 12.8. The molecule has 0 bridgehead atoms. The number of pyridine rings is 1. The second-order valence-electron chi connectivity index (χ2n) is 5.53. The minimum atomic E-state index is 0.468. The molecular formula is C17H20ClN3. The molecule has 0 atom stereocenters. The van der Waals surface area contributed by atoms with Gasteiger partial charge < -0.3 is 5.32 Å². The summed E-state index contributed by atoms with van der Waals surface area (Å²) < 4.78 is 0. The Balaban J connectivity index is 1.70. The Labute approximate surface area is 130 Å². The van der Waals surface area contributed by atoms with E-state index < -0.39 is 0 Å². The van der Waals surface area contributed by atoms with Crippen LogP contribution in [-0.2, 0) is 0 Å². The van der Waals surface area contributed by atoms with E-state index in [0.29, 0.717) is 11.2 Å². The maximum absolute atomic E-state index is 6.27. The van der Waals surface area contributed by atoms with Crippen LogP contribution in [0.5, 0.6) is 0 Å². The van der Waals surface area contributed by atoms with Crippen LogP contribution in [0.3, 0.4) is 0 Å². The van der Waals surface area contributed by atoms with E-state index in [-0.39, 0.29) is 0 Å². The quantitative estimate of drug-likeness (QED) is 0.684. The fourth-order valence-corrected chi connectivity index (χ4v) is 3.14. The summed E-state index contributed by atoms with van der Waals surface area (Å²) in [6.45, 7) is 6.98. The van der Waals surface area contributed by atoms with E-state index in [1.54, 1.807) is 0 Å². The third-order valence-electron chi connectivity index (χ3n) is 4.02. The molecule has 0 aliphatic carbocycles. The van der Waals surface area contributed by atoms with Crippen molar-refractivity contribution in [1.82, 2.24) is 9.88 Å². The molecule has 0 saturated carbocycles. The lowest BCUT2D eigenvalue weighted by Gasteiger charge is -2.31. The first-order chi connectivity index (χ1) is 10.3. The van der Waals surface area contributed by atoms with Gasteiger partial charge in [0.25, 0.3) is 0 Å². The van der Waals surface area contributed by atoms with Gasteiger partial charge in [-0.3, -0.25) is 4.90 Å². The molecule has 0 spiro atoms. The Morgan fingerprint density at radius 2 is 2.10 bits per heavy atom. The summed E-state index contributed by atoms with van der Waals surface area (Å²) in [5.41, 5.74) is 0. The summed E-state index contributed by atoms with van der Waals surface area (Å²) in [6.07, 6.45) is 4.22. The first-order valence-electron chi connectivity index (χ1n) is 7.41. The van der Waals surface area contributed by atoms with Crippen molar-refractivity contribution in [2.75, 3.05) is 25.0 Å². The van der Waals surface area contributed by atoms with E-state index in [9.17, 15) is 0 Å². The van der Waals surface area contributed by atoms with E-state index in [1.165, 1.54) is 0 Å². The van der Waals surface area contributed by atoms with Gasteiger partial charge in [0.2, 0.25) is 0 Å². The maximum Gasteiger partial charge on any atom is 0.139 e. The van der Waals surface area contributed by atoms with Gasteiger partial charge >= 0.3 is 0 Å². The average Bonchev–Trinajstić information content (AvgIpc) is 2.50. The summed E-state index contributed by atoms with van der Waals surface area (Å²) >= 11 is 6.27. The molecular weight excluding hydrogens is 282 g/mol. The lowest BCUT2D eigenvalue weighted by atomic mass is 10.0. The monoisotopic (exact) mass is 301 g/mol.